The van der Waals surface area contributed by atoms with E-state index in [2.05, 4.69) is 6.92 Å². The molecule has 26 heavy (non-hydrogen) atoms. The summed E-state index contributed by atoms with van der Waals surface area (Å²) >= 11 is 0. The van der Waals surface area contributed by atoms with Crippen molar-refractivity contribution in [3.63, 3.8) is 0 Å². The molecule has 0 aromatic heterocycles. The standard InChI is InChI=1S/C20H33NO5/c1-2-3-4-5-6-7-8-9-10-11-12-13-14-15-16-17-18(21(25)26)19(22)20(23)24/h14-17,22H,2-13H2,1H3,(H,23,24). The quantitative estimate of drug-likeness (QED) is 0.0879. The fourth-order valence-corrected chi connectivity index (χ4v) is 2.58. The molecule has 0 heterocycles. The monoisotopic (exact) mass is 367 g/mol. The van der Waals surface area contributed by atoms with E-state index in [0.29, 0.717) is 0 Å². The van der Waals surface area contributed by atoms with E-state index in [0.717, 1.165) is 18.9 Å². The number of carboxylic acids is 1. The number of rotatable bonds is 16. The van der Waals surface area contributed by atoms with Gasteiger partial charge in [0.15, 0.2) is 0 Å². The summed E-state index contributed by atoms with van der Waals surface area (Å²) in [6.07, 6.45) is 20.9. The molecule has 0 spiro atoms. The third kappa shape index (κ3) is 13.2. The molecule has 6 nitrogen and oxygen atoms in total. The summed E-state index contributed by atoms with van der Waals surface area (Å²) in [7, 11) is 0. The number of aliphatic hydroxyl groups is 1. The minimum atomic E-state index is -1.72. The Labute approximate surface area is 156 Å². The normalized spacial score (nSPS) is 12.7. The van der Waals surface area contributed by atoms with Gasteiger partial charge in [-0.05, 0) is 12.8 Å². The Morgan fingerprint density at radius 3 is 1.85 bits per heavy atom. The maximum absolute atomic E-state index is 10.7. The molecular formula is C20H33NO5. The number of hydrogen-bond acceptors (Lipinski definition) is 4. The second kappa shape index (κ2) is 16.4. The molecule has 0 saturated heterocycles. The number of carboxylic acid groups (broad SMARTS) is 1. The molecule has 0 fully saturated rings. The second-order valence-corrected chi connectivity index (χ2v) is 6.41. The first-order chi connectivity index (χ1) is 12.5. The fraction of sp³-hybridized carbons (Fsp3) is 0.650. The van der Waals surface area contributed by atoms with E-state index in [1.807, 2.05) is 6.08 Å². The molecule has 0 aliphatic rings. The summed E-state index contributed by atoms with van der Waals surface area (Å²) in [5.41, 5.74) is -0.822. The van der Waals surface area contributed by atoms with E-state index in [1.165, 1.54) is 70.3 Å². The highest BCUT2D eigenvalue weighted by atomic mass is 16.6. The van der Waals surface area contributed by atoms with Gasteiger partial charge in [-0.15, -0.1) is 0 Å². The number of carbonyl (C=O) groups is 1. The van der Waals surface area contributed by atoms with Crippen molar-refractivity contribution >= 4 is 5.97 Å². The number of aliphatic carboxylic acids is 1. The number of nitrogens with zero attached hydrogens (tertiary/aromatic N) is 1. The Morgan fingerprint density at radius 2 is 1.38 bits per heavy atom. The van der Waals surface area contributed by atoms with E-state index in [1.54, 1.807) is 6.08 Å². The molecule has 0 aliphatic carbocycles. The highest BCUT2D eigenvalue weighted by Gasteiger charge is 2.20. The minimum absolute atomic E-state index is 0.822. The lowest BCUT2D eigenvalue weighted by Gasteiger charge is -2.01. The maximum atomic E-state index is 10.7. The van der Waals surface area contributed by atoms with Gasteiger partial charge in [-0.2, -0.15) is 0 Å². The number of allylic oxidation sites excluding steroid dienone is 4. The van der Waals surface area contributed by atoms with Crippen LogP contribution in [0.5, 0.6) is 0 Å². The van der Waals surface area contributed by atoms with E-state index >= 15 is 0 Å². The van der Waals surface area contributed by atoms with Crippen molar-refractivity contribution in [1.29, 1.82) is 0 Å². The van der Waals surface area contributed by atoms with Crippen LogP contribution in [0.3, 0.4) is 0 Å². The second-order valence-electron chi connectivity index (χ2n) is 6.41. The van der Waals surface area contributed by atoms with Crippen molar-refractivity contribution in [3.05, 3.63) is 45.9 Å². The maximum Gasteiger partial charge on any atom is 0.378 e. The van der Waals surface area contributed by atoms with Crippen molar-refractivity contribution < 1.29 is 19.9 Å². The van der Waals surface area contributed by atoms with Crippen LogP contribution in [-0.2, 0) is 4.79 Å². The van der Waals surface area contributed by atoms with Crippen LogP contribution in [-0.4, -0.2) is 21.1 Å². The molecule has 0 saturated carbocycles. The predicted octanol–water partition coefficient (Wildman–Crippen LogP) is 5.93. The summed E-state index contributed by atoms with van der Waals surface area (Å²) in [6.45, 7) is 2.23. The van der Waals surface area contributed by atoms with Crippen LogP contribution in [0.25, 0.3) is 0 Å². The Hall–Kier alpha value is -2.11. The third-order valence-corrected chi connectivity index (χ3v) is 4.12. The van der Waals surface area contributed by atoms with Gasteiger partial charge < -0.3 is 10.2 Å². The van der Waals surface area contributed by atoms with Crippen molar-refractivity contribution in [2.75, 3.05) is 0 Å². The van der Waals surface area contributed by atoms with Gasteiger partial charge in [0.1, 0.15) is 0 Å². The van der Waals surface area contributed by atoms with Gasteiger partial charge in [-0.3, -0.25) is 10.1 Å². The molecule has 0 aliphatic heterocycles. The molecule has 0 rings (SSSR count). The average Bonchev–Trinajstić information content (AvgIpc) is 2.60. The predicted molar refractivity (Wildman–Crippen MR) is 104 cm³/mol. The summed E-state index contributed by atoms with van der Waals surface area (Å²) in [5.74, 6) is -2.98. The van der Waals surface area contributed by atoms with E-state index < -0.39 is 22.3 Å². The summed E-state index contributed by atoms with van der Waals surface area (Å²) < 4.78 is 0. The third-order valence-electron chi connectivity index (χ3n) is 4.12. The largest absolute Gasteiger partial charge is 0.497 e. The molecule has 0 amide bonds. The van der Waals surface area contributed by atoms with E-state index in [-0.39, 0.29) is 0 Å². The number of unbranched alkanes of at least 4 members (excludes halogenated alkanes) is 11. The topological polar surface area (TPSA) is 101 Å². The molecule has 0 aromatic carbocycles. The molecular weight excluding hydrogens is 334 g/mol. The molecule has 148 valence electrons. The average molecular weight is 367 g/mol. The lowest BCUT2D eigenvalue weighted by Crippen LogP contribution is -2.08. The highest BCUT2D eigenvalue weighted by Crippen LogP contribution is 2.12. The summed E-state index contributed by atoms with van der Waals surface area (Å²) in [4.78, 5) is 20.3. The highest BCUT2D eigenvalue weighted by molar-refractivity contribution is 5.84. The Morgan fingerprint density at radius 1 is 0.885 bits per heavy atom. The van der Waals surface area contributed by atoms with Gasteiger partial charge in [0.05, 0.1) is 4.92 Å². The summed E-state index contributed by atoms with van der Waals surface area (Å²) in [5, 5.41) is 28.4. The Balaban J connectivity index is 3.74. The van der Waals surface area contributed by atoms with E-state index in [9.17, 15) is 14.9 Å². The molecule has 2 N–H and O–H groups in total. The zero-order valence-corrected chi connectivity index (χ0v) is 15.9. The van der Waals surface area contributed by atoms with Crippen LogP contribution in [0.15, 0.2) is 35.8 Å². The van der Waals surface area contributed by atoms with Crippen LogP contribution in [0.1, 0.15) is 84.0 Å². The number of aliphatic hydroxyl groups excluding tert-OH is 1. The smallest absolute Gasteiger partial charge is 0.378 e. The van der Waals surface area contributed by atoms with Gasteiger partial charge in [0, 0.05) is 6.08 Å². The van der Waals surface area contributed by atoms with Crippen LogP contribution in [0.4, 0.5) is 0 Å². The van der Waals surface area contributed by atoms with Crippen molar-refractivity contribution in [2.24, 2.45) is 0 Å². The zero-order chi connectivity index (χ0) is 19.6. The van der Waals surface area contributed by atoms with Gasteiger partial charge in [-0.1, -0.05) is 89.4 Å². The lowest BCUT2D eigenvalue weighted by atomic mass is 10.1. The van der Waals surface area contributed by atoms with Gasteiger partial charge in [0.2, 0.25) is 0 Å². The Kier molecular flexibility index (Phi) is 15.0. The van der Waals surface area contributed by atoms with Gasteiger partial charge in [-0.25, -0.2) is 4.79 Å². The van der Waals surface area contributed by atoms with Crippen molar-refractivity contribution in [3.8, 4) is 0 Å². The zero-order valence-electron chi connectivity index (χ0n) is 15.9. The van der Waals surface area contributed by atoms with Crippen molar-refractivity contribution in [2.45, 2.75) is 84.0 Å². The lowest BCUT2D eigenvalue weighted by molar-refractivity contribution is -0.421. The molecule has 0 aromatic rings. The number of nitro groups is 1. The molecule has 0 atom stereocenters. The van der Waals surface area contributed by atoms with Crippen LogP contribution in [0, 0.1) is 10.1 Å². The van der Waals surface area contributed by atoms with Gasteiger partial charge in [0.25, 0.3) is 5.76 Å². The molecule has 0 radical (unpaired) electrons. The fourth-order valence-electron chi connectivity index (χ4n) is 2.58. The first-order valence-electron chi connectivity index (χ1n) is 9.64. The van der Waals surface area contributed by atoms with Gasteiger partial charge >= 0.3 is 11.7 Å². The number of hydrogen-bond donors (Lipinski definition) is 2. The molecule has 0 bridgehead atoms. The van der Waals surface area contributed by atoms with Crippen LogP contribution >= 0.6 is 0 Å². The molecule has 0 unspecified atom stereocenters. The first-order valence-corrected chi connectivity index (χ1v) is 9.64. The first kappa shape index (κ1) is 23.9. The van der Waals surface area contributed by atoms with E-state index in [4.69, 9.17) is 10.2 Å². The molecule has 6 heteroatoms. The SMILES string of the molecule is CCCCCCCCCCCCCC=CC=CC(=C(O)C(=O)O)[N+](=O)[O-]. The van der Waals surface area contributed by atoms with Crippen LogP contribution in [0.2, 0.25) is 0 Å². The minimum Gasteiger partial charge on any atom is -0.497 e. The van der Waals surface area contributed by atoms with Crippen LogP contribution < -0.4 is 0 Å². The Bertz CT molecular complexity index is 494. The van der Waals surface area contributed by atoms with Crippen molar-refractivity contribution in [1.82, 2.24) is 0 Å². The summed E-state index contributed by atoms with van der Waals surface area (Å²) in [6, 6.07) is 0.